The van der Waals surface area contributed by atoms with Crippen molar-refractivity contribution in [2.24, 2.45) is 0 Å². The van der Waals surface area contributed by atoms with Crippen molar-refractivity contribution < 1.29 is 4.74 Å². The topological polar surface area (TPSA) is 55.0 Å². The molecule has 17 heavy (non-hydrogen) atoms. The Kier molecular flexibility index (Phi) is 3.62. The Bertz CT molecular complexity index is 431. The molecule has 4 nitrogen and oxygen atoms in total. The summed E-state index contributed by atoms with van der Waals surface area (Å²) in [6, 6.07) is 1.52. The Morgan fingerprint density at radius 1 is 1.29 bits per heavy atom. The van der Waals surface area contributed by atoms with Crippen LogP contribution in [0, 0.1) is 6.92 Å². The van der Waals surface area contributed by atoms with Gasteiger partial charge in [0.1, 0.15) is 11.4 Å². The molecule has 1 aromatic rings. The first-order valence-corrected chi connectivity index (χ1v) is 6.30. The van der Waals surface area contributed by atoms with Crippen LogP contribution >= 0.6 is 0 Å². The zero-order valence-electron chi connectivity index (χ0n) is 10.6. The minimum Gasteiger partial charge on any atom is -0.370 e. The molecule has 1 aromatic heterocycles. The highest BCUT2D eigenvalue weighted by molar-refractivity contribution is 5.08. The van der Waals surface area contributed by atoms with Crippen molar-refractivity contribution in [2.45, 2.75) is 51.0 Å². The molecule has 0 bridgehead atoms. The Balaban J connectivity index is 2.41. The van der Waals surface area contributed by atoms with Gasteiger partial charge in [-0.25, -0.2) is 4.98 Å². The molecule has 0 aliphatic heterocycles. The van der Waals surface area contributed by atoms with Crippen molar-refractivity contribution >= 4 is 0 Å². The van der Waals surface area contributed by atoms with Gasteiger partial charge in [-0.2, -0.15) is 0 Å². The van der Waals surface area contributed by atoms with Crippen LogP contribution in [0.15, 0.2) is 10.9 Å². The number of H-pyrrole nitrogens is 1. The third-order valence-corrected chi connectivity index (χ3v) is 3.60. The largest absolute Gasteiger partial charge is 0.370 e. The minimum absolute atomic E-state index is 0.0897. The van der Waals surface area contributed by atoms with Crippen LogP contribution in [0.25, 0.3) is 0 Å². The fourth-order valence-electron chi connectivity index (χ4n) is 2.63. The summed E-state index contributed by atoms with van der Waals surface area (Å²) in [5.74, 6) is 0.701. The highest BCUT2D eigenvalue weighted by Crippen LogP contribution is 2.36. The van der Waals surface area contributed by atoms with Crippen LogP contribution < -0.4 is 5.56 Å². The highest BCUT2D eigenvalue weighted by atomic mass is 16.5. The lowest BCUT2D eigenvalue weighted by atomic mass is 9.93. The van der Waals surface area contributed by atoms with Crippen LogP contribution in [0.4, 0.5) is 0 Å². The van der Waals surface area contributed by atoms with Gasteiger partial charge in [-0.05, 0) is 19.8 Å². The molecule has 0 unspecified atom stereocenters. The SMILES string of the molecule is COC1(c2nc(C)cc(=O)[nH]2)CCCCCC1. The van der Waals surface area contributed by atoms with E-state index < -0.39 is 0 Å². The number of ether oxygens (including phenoxy) is 1. The Hall–Kier alpha value is -1.16. The number of aromatic amines is 1. The van der Waals surface area contributed by atoms with E-state index in [1.54, 1.807) is 7.11 Å². The molecule has 1 saturated carbocycles. The van der Waals surface area contributed by atoms with E-state index in [9.17, 15) is 4.79 Å². The van der Waals surface area contributed by atoms with E-state index in [0.29, 0.717) is 5.82 Å². The number of rotatable bonds is 2. The summed E-state index contributed by atoms with van der Waals surface area (Å²) in [5, 5.41) is 0. The standard InChI is InChI=1S/C13H20N2O2/c1-10-9-11(16)15-12(14-10)13(17-2)7-5-3-4-6-8-13/h9H,3-8H2,1-2H3,(H,14,15,16). The maximum absolute atomic E-state index is 11.5. The van der Waals surface area contributed by atoms with Gasteiger partial charge in [-0.1, -0.05) is 25.7 Å². The summed E-state index contributed by atoms with van der Waals surface area (Å²) in [4.78, 5) is 18.9. The lowest BCUT2D eigenvalue weighted by Crippen LogP contribution is -2.32. The van der Waals surface area contributed by atoms with Gasteiger partial charge in [0.15, 0.2) is 0 Å². The molecule has 94 valence electrons. The van der Waals surface area contributed by atoms with Gasteiger partial charge in [0.05, 0.1) is 0 Å². The predicted octanol–water partition coefficient (Wildman–Crippen LogP) is 2.27. The van der Waals surface area contributed by atoms with Gasteiger partial charge in [-0.15, -0.1) is 0 Å². The fraction of sp³-hybridized carbons (Fsp3) is 0.692. The van der Waals surface area contributed by atoms with Gasteiger partial charge in [0, 0.05) is 18.9 Å². The molecular weight excluding hydrogens is 216 g/mol. The normalized spacial score (nSPS) is 19.9. The third kappa shape index (κ3) is 2.57. The summed E-state index contributed by atoms with van der Waals surface area (Å²) in [6.45, 7) is 1.85. The molecular formula is C13H20N2O2. The van der Waals surface area contributed by atoms with E-state index in [1.165, 1.54) is 18.9 Å². The maximum atomic E-state index is 11.5. The number of methoxy groups -OCH3 is 1. The first-order chi connectivity index (χ1) is 8.16. The molecule has 0 saturated heterocycles. The van der Waals surface area contributed by atoms with Crippen LogP contribution in [0.3, 0.4) is 0 Å². The van der Waals surface area contributed by atoms with E-state index in [0.717, 1.165) is 31.4 Å². The molecule has 2 rings (SSSR count). The van der Waals surface area contributed by atoms with Crippen LogP contribution in [-0.2, 0) is 10.3 Å². The molecule has 0 radical (unpaired) electrons. The van der Waals surface area contributed by atoms with E-state index in [4.69, 9.17) is 4.74 Å². The van der Waals surface area contributed by atoms with Gasteiger partial charge in [0.25, 0.3) is 5.56 Å². The number of hydrogen-bond acceptors (Lipinski definition) is 3. The zero-order valence-corrected chi connectivity index (χ0v) is 10.6. The number of nitrogens with one attached hydrogen (secondary N) is 1. The summed E-state index contributed by atoms with van der Waals surface area (Å²) in [7, 11) is 1.72. The number of aromatic nitrogens is 2. The molecule has 1 heterocycles. The Morgan fingerprint density at radius 2 is 1.94 bits per heavy atom. The molecule has 1 aliphatic carbocycles. The molecule has 1 fully saturated rings. The first-order valence-electron chi connectivity index (χ1n) is 6.30. The summed E-state index contributed by atoms with van der Waals surface area (Å²) >= 11 is 0. The van der Waals surface area contributed by atoms with Gasteiger partial charge in [-0.3, -0.25) is 4.79 Å². The second-order valence-corrected chi connectivity index (χ2v) is 4.85. The first kappa shape index (κ1) is 12.3. The van der Waals surface area contributed by atoms with Crippen LogP contribution in [0.2, 0.25) is 0 Å². The number of nitrogens with zero attached hydrogens (tertiary/aromatic N) is 1. The van der Waals surface area contributed by atoms with Gasteiger partial charge in [0.2, 0.25) is 0 Å². The average Bonchev–Trinajstić information content (AvgIpc) is 2.53. The number of aryl methyl sites for hydroxylation is 1. The lowest BCUT2D eigenvalue weighted by molar-refractivity contribution is -0.0354. The molecule has 0 amide bonds. The van der Waals surface area contributed by atoms with Gasteiger partial charge < -0.3 is 9.72 Å². The van der Waals surface area contributed by atoms with E-state index in [1.807, 2.05) is 6.92 Å². The van der Waals surface area contributed by atoms with Crippen molar-refractivity contribution in [3.05, 3.63) is 27.9 Å². The average molecular weight is 236 g/mol. The van der Waals surface area contributed by atoms with Crippen molar-refractivity contribution in [3.63, 3.8) is 0 Å². The zero-order chi connectivity index (χ0) is 12.3. The smallest absolute Gasteiger partial charge is 0.251 e. The van der Waals surface area contributed by atoms with Crippen molar-refractivity contribution in [1.29, 1.82) is 0 Å². The van der Waals surface area contributed by atoms with Crippen LogP contribution in [-0.4, -0.2) is 17.1 Å². The molecule has 0 spiro atoms. The van der Waals surface area contributed by atoms with E-state index >= 15 is 0 Å². The lowest BCUT2D eigenvalue weighted by Gasteiger charge is -2.30. The van der Waals surface area contributed by atoms with Crippen molar-refractivity contribution in [1.82, 2.24) is 9.97 Å². The molecule has 1 N–H and O–H groups in total. The maximum Gasteiger partial charge on any atom is 0.251 e. The predicted molar refractivity (Wildman–Crippen MR) is 66.0 cm³/mol. The fourth-order valence-corrected chi connectivity index (χ4v) is 2.63. The summed E-state index contributed by atoms with van der Waals surface area (Å²) in [6.07, 6.45) is 6.62. The minimum atomic E-state index is -0.387. The second kappa shape index (κ2) is 5.00. The number of hydrogen-bond donors (Lipinski definition) is 1. The van der Waals surface area contributed by atoms with Crippen LogP contribution in [0.5, 0.6) is 0 Å². The quantitative estimate of drug-likeness (QED) is 0.801. The van der Waals surface area contributed by atoms with Crippen molar-refractivity contribution in [3.8, 4) is 0 Å². The highest BCUT2D eigenvalue weighted by Gasteiger charge is 2.35. The van der Waals surface area contributed by atoms with E-state index in [-0.39, 0.29) is 11.2 Å². The van der Waals surface area contributed by atoms with E-state index in [2.05, 4.69) is 9.97 Å². The third-order valence-electron chi connectivity index (χ3n) is 3.60. The molecule has 0 aromatic carbocycles. The van der Waals surface area contributed by atoms with Gasteiger partial charge >= 0.3 is 0 Å². The Labute approximate surface area is 101 Å². The monoisotopic (exact) mass is 236 g/mol. The second-order valence-electron chi connectivity index (χ2n) is 4.85. The van der Waals surface area contributed by atoms with Crippen LogP contribution in [0.1, 0.15) is 50.0 Å². The summed E-state index contributed by atoms with van der Waals surface area (Å²) < 4.78 is 5.72. The van der Waals surface area contributed by atoms with Crippen molar-refractivity contribution in [2.75, 3.05) is 7.11 Å². The Morgan fingerprint density at radius 3 is 2.47 bits per heavy atom. The molecule has 1 aliphatic rings. The summed E-state index contributed by atoms with van der Waals surface area (Å²) in [5.41, 5.74) is 0.277. The molecule has 4 heteroatoms. The molecule has 0 atom stereocenters.